The van der Waals surface area contributed by atoms with Crippen molar-refractivity contribution >= 4 is 11.8 Å². The van der Waals surface area contributed by atoms with Gasteiger partial charge in [0.05, 0.1) is 12.7 Å². The van der Waals surface area contributed by atoms with Gasteiger partial charge in [-0.25, -0.2) is 14.4 Å². The molecule has 0 aromatic heterocycles. The highest BCUT2D eigenvalue weighted by Crippen LogP contribution is 2.29. The Morgan fingerprint density at radius 3 is 2.72 bits per heavy atom. The first-order chi connectivity index (χ1) is 11.9. The molecule has 0 saturated carbocycles. The molecule has 25 heavy (non-hydrogen) atoms. The molecule has 2 rings (SSSR count). The standard InChI is InChI=1S/C18H26N4O3/c1-14(2)13-25-18(23)20-22(24,17-9-5-4-6-10-17)15(3)21-11-7-8-16(21)12-19/h4-6,9-10,14-16H,7-8,11,13H2,1-3H3,(H,20,23). The molecule has 1 aromatic rings. The Hall–Kier alpha value is -2.14. The van der Waals surface area contributed by atoms with Gasteiger partial charge in [-0.1, -0.05) is 32.0 Å². The lowest BCUT2D eigenvalue weighted by Gasteiger charge is -2.47. The van der Waals surface area contributed by atoms with Crippen molar-refractivity contribution in [3.8, 4) is 6.07 Å². The van der Waals surface area contributed by atoms with Gasteiger partial charge in [0.15, 0.2) is 11.9 Å². The maximum absolute atomic E-state index is 13.7. The van der Waals surface area contributed by atoms with E-state index in [0.29, 0.717) is 12.2 Å². The Morgan fingerprint density at radius 2 is 2.12 bits per heavy atom. The second-order valence-corrected chi connectivity index (χ2v) is 6.75. The second kappa shape index (κ2) is 8.30. The van der Waals surface area contributed by atoms with Crippen molar-refractivity contribution in [1.29, 1.82) is 5.26 Å². The van der Waals surface area contributed by atoms with Gasteiger partial charge in [0.25, 0.3) is 0 Å². The van der Waals surface area contributed by atoms with Crippen molar-refractivity contribution in [3.05, 3.63) is 35.5 Å². The normalized spacial score (nSPS) is 21.4. The molecule has 7 nitrogen and oxygen atoms in total. The number of likely N-dealkylation sites (tertiary alicyclic amines) is 1. The van der Waals surface area contributed by atoms with E-state index in [1.807, 2.05) is 24.8 Å². The summed E-state index contributed by atoms with van der Waals surface area (Å²) in [5, 5.41) is 23.0. The van der Waals surface area contributed by atoms with E-state index in [1.54, 1.807) is 31.2 Å². The maximum atomic E-state index is 13.7. The lowest BCUT2D eigenvalue weighted by molar-refractivity contribution is 0.0489. The first-order valence-corrected chi connectivity index (χ1v) is 8.64. The van der Waals surface area contributed by atoms with E-state index in [1.165, 1.54) is 0 Å². The third-order valence-corrected chi connectivity index (χ3v) is 4.39. The van der Waals surface area contributed by atoms with Gasteiger partial charge in [0.2, 0.25) is 0 Å². The van der Waals surface area contributed by atoms with Crippen LogP contribution in [-0.2, 0) is 4.74 Å². The van der Waals surface area contributed by atoms with Gasteiger partial charge in [-0.2, -0.15) is 10.7 Å². The van der Waals surface area contributed by atoms with Crippen molar-refractivity contribution < 1.29 is 9.53 Å². The van der Waals surface area contributed by atoms with Crippen LogP contribution >= 0.6 is 0 Å². The monoisotopic (exact) mass is 346 g/mol. The third-order valence-electron chi connectivity index (χ3n) is 4.39. The minimum atomic E-state index is -1.09. The molecule has 136 valence electrons. The average molecular weight is 346 g/mol. The highest BCUT2D eigenvalue weighted by atomic mass is 16.6. The lowest BCUT2D eigenvalue weighted by atomic mass is 10.2. The number of amides is 1. The molecule has 1 aliphatic heterocycles. The van der Waals surface area contributed by atoms with Gasteiger partial charge < -0.3 is 9.94 Å². The molecule has 3 atom stereocenters. The van der Waals surface area contributed by atoms with E-state index >= 15 is 0 Å². The third kappa shape index (κ3) is 4.48. The predicted molar refractivity (Wildman–Crippen MR) is 95.7 cm³/mol. The van der Waals surface area contributed by atoms with Gasteiger partial charge in [-0.3, -0.25) is 0 Å². The number of nitrogens with one attached hydrogen (secondary N) is 1. The first-order valence-electron chi connectivity index (χ1n) is 8.64. The quantitative estimate of drug-likeness (QED) is 0.631. The van der Waals surface area contributed by atoms with Gasteiger partial charge in [0, 0.05) is 25.6 Å². The van der Waals surface area contributed by atoms with E-state index < -0.39 is 17.0 Å². The van der Waals surface area contributed by atoms with Crippen LogP contribution < -0.4 is 10.2 Å². The van der Waals surface area contributed by atoms with Crippen LogP contribution in [0.3, 0.4) is 0 Å². The van der Waals surface area contributed by atoms with Crippen LogP contribution in [0, 0.1) is 22.5 Å². The van der Waals surface area contributed by atoms with Crippen LogP contribution in [0.2, 0.25) is 0 Å². The smallest absolute Gasteiger partial charge is 0.452 e. The van der Waals surface area contributed by atoms with Crippen LogP contribution in [0.4, 0.5) is 10.5 Å². The van der Waals surface area contributed by atoms with E-state index in [9.17, 15) is 15.3 Å². The SMILES string of the molecule is CC(C)COC(=O)N[N+]([O-])(c1ccccc1)C(C)N1CCCC1C#N. The second-order valence-electron chi connectivity index (χ2n) is 6.75. The minimum absolute atomic E-state index is 0.176. The van der Waals surface area contributed by atoms with Gasteiger partial charge in [-0.15, -0.1) is 0 Å². The molecule has 3 unspecified atom stereocenters. The van der Waals surface area contributed by atoms with Crippen molar-refractivity contribution in [2.75, 3.05) is 13.2 Å². The number of nitrogens with zero attached hydrogens (tertiary/aromatic N) is 3. The predicted octanol–water partition coefficient (Wildman–Crippen LogP) is 3.12. The molecule has 1 heterocycles. The van der Waals surface area contributed by atoms with Crippen molar-refractivity contribution in [1.82, 2.24) is 15.1 Å². The van der Waals surface area contributed by atoms with E-state index in [0.717, 1.165) is 12.8 Å². The summed E-state index contributed by atoms with van der Waals surface area (Å²) in [5.41, 5.74) is 2.85. The summed E-state index contributed by atoms with van der Waals surface area (Å²) in [7, 11) is 0. The zero-order chi connectivity index (χ0) is 18.4. The van der Waals surface area contributed by atoms with Crippen LogP contribution in [0.25, 0.3) is 0 Å². The summed E-state index contributed by atoms with van der Waals surface area (Å²) in [6, 6.07) is 10.6. The highest BCUT2D eigenvalue weighted by molar-refractivity contribution is 5.69. The number of hydrogen-bond donors (Lipinski definition) is 1. The molecule has 1 N–H and O–H groups in total. The molecule has 1 amide bonds. The van der Waals surface area contributed by atoms with Crippen molar-refractivity contribution in [2.24, 2.45) is 5.92 Å². The topological polar surface area (TPSA) is 88.4 Å². The molecule has 1 aromatic carbocycles. The Labute approximate surface area is 148 Å². The van der Waals surface area contributed by atoms with Crippen LogP contribution in [0.5, 0.6) is 0 Å². The van der Waals surface area contributed by atoms with Crippen LogP contribution in [-0.4, -0.2) is 36.4 Å². The van der Waals surface area contributed by atoms with Gasteiger partial charge in [-0.05, 0) is 18.8 Å². The number of hydroxylamine groups is 1. The number of para-hydroxylation sites is 1. The number of benzene rings is 1. The molecule has 0 radical (unpaired) electrons. The molecule has 0 aliphatic carbocycles. The van der Waals surface area contributed by atoms with Crippen molar-refractivity contribution in [3.63, 3.8) is 0 Å². The number of carbonyl (C=O) groups excluding carboxylic acids is 1. The molecule has 1 aliphatic rings. The first kappa shape index (κ1) is 19.2. The maximum Gasteiger partial charge on any atom is 0.452 e. The number of carbonyl (C=O) groups is 1. The number of quaternary nitrogens is 1. The zero-order valence-electron chi connectivity index (χ0n) is 15.0. The fourth-order valence-electron chi connectivity index (χ4n) is 3.02. The Balaban J connectivity index is 2.26. The van der Waals surface area contributed by atoms with Gasteiger partial charge >= 0.3 is 6.09 Å². The van der Waals surface area contributed by atoms with E-state index in [-0.39, 0.29) is 18.6 Å². The Morgan fingerprint density at radius 1 is 1.44 bits per heavy atom. The van der Waals surface area contributed by atoms with E-state index in [2.05, 4.69) is 11.5 Å². The summed E-state index contributed by atoms with van der Waals surface area (Å²) in [6.07, 6.45) is 0.177. The molecule has 7 heteroatoms. The Kier molecular flexibility index (Phi) is 6.37. The fourth-order valence-corrected chi connectivity index (χ4v) is 3.02. The zero-order valence-corrected chi connectivity index (χ0v) is 15.0. The van der Waals surface area contributed by atoms with Gasteiger partial charge in [0.1, 0.15) is 6.04 Å². The number of nitriles is 1. The Bertz CT molecular complexity index is 616. The summed E-state index contributed by atoms with van der Waals surface area (Å²) < 4.78 is 4.05. The summed E-state index contributed by atoms with van der Waals surface area (Å²) in [5.74, 6) is 0.176. The molecular weight excluding hydrogens is 320 g/mol. The highest BCUT2D eigenvalue weighted by Gasteiger charge is 2.40. The summed E-state index contributed by atoms with van der Waals surface area (Å²) >= 11 is 0. The number of ether oxygens (including phenoxy) is 1. The largest absolute Gasteiger partial charge is 0.600 e. The van der Waals surface area contributed by atoms with Crippen LogP contribution in [0.15, 0.2) is 30.3 Å². The van der Waals surface area contributed by atoms with Crippen molar-refractivity contribution in [2.45, 2.75) is 45.8 Å². The van der Waals surface area contributed by atoms with Crippen LogP contribution in [0.1, 0.15) is 33.6 Å². The minimum Gasteiger partial charge on any atom is -0.600 e. The molecule has 1 fully saturated rings. The molecule has 1 saturated heterocycles. The molecular formula is C18H26N4O3. The average Bonchev–Trinajstić information content (AvgIpc) is 3.08. The summed E-state index contributed by atoms with van der Waals surface area (Å²) in [4.78, 5) is 14.0. The number of hydrogen-bond acceptors (Lipinski definition) is 5. The molecule has 0 spiro atoms. The molecule has 0 bridgehead atoms. The summed E-state index contributed by atoms with van der Waals surface area (Å²) in [6.45, 7) is 6.47. The lowest BCUT2D eigenvalue weighted by Crippen LogP contribution is -2.67. The number of rotatable bonds is 6. The van der Waals surface area contributed by atoms with E-state index in [4.69, 9.17) is 4.74 Å². The fraction of sp³-hybridized carbons (Fsp3) is 0.556.